The topological polar surface area (TPSA) is 67.2 Å². The molecule has 1 fully saturated rings. The van der Waals surface area contributed by atoms with E-state index in [1.54, 1.807) is 6.20 Å². The summed E-state index contributed by atoms with van der Waals surface area (Å²) < 4.78 is 2.09. The highest BCUT2D eigenvalue weighted by Crippen LogP contribution is 2.37. The lowest BCUT2D eigenvalue weighted by Gasteiger charge is -2.27. The van der Waals surface area contributed by atoms with Crippen LogP contribution in [0.1, 0.15) is 43.2 Å². The first-order valence-electron chi connectivity index (χ1n) is 10.9. The van der Waals surface area contributed by atoms with Crippen molar-refractivity contribution in [3.8, 4) is 11.1 Å². The summed E-state index contributed by atoms with van der Waals surface area (Å²) in [6.07, 6.45) is 8.92. The number of hydrogen-bond acceptors (Lipinski definition) is 5. The van der Waals surface area contributed by atoms with Gasteiger partial charge >= 0.3 is 0 Å². The van der Waals surface area contributed by atoms with E-state index in [9.17, 15) is 4.79 Å². The minimum Gasteiger partial charge on any atom is -0.347 e. The molecule has 2 aromatic heterocycles. The van der Waals surface area contributed by atoms with Crippen molar-refractivity contribution in [3.05, 3.63) is 60.4 Å². The Kier molecular flexibility index (Phi) is 6.30. The average molecular weight is 419 g/mol. The van der Waals surface area contributed by atoms with Crippen LogP contribution in [0.2, 0.25) is 0 Å². The molecule has 0 radical (unpaired) electrons. The van der Waals surface area contributed by atoms with Gasteiger partial charge in [0.05, 0.1) is 11.7 Å². The second-order valence-electron chi connectivity index (χ2n) is 8.25. The molecule has 1 amide bonds. The Morgan fingerprint density at radius 2 is 2.00 bits per heavy atom. The number of nitrogens with zero attached hydrogens (tertiary/aromatic N) is 6. The number of benzene rings is 1. The van der Waals surface area contributed by atoms with Crippen LogP contribution in [0, 0.1) is 6.92 Å². The highest BCUT2D eigenvalue weighted by atomic mass is 16.2. The average Bonchev–Trinajstić information content (AvgIpc) is 3.43. The lowest BCUT2D eigenvalue weighted by Crippen LogP contribution is -2.31. The SMILES string of the molecule is Cc1nccn1CCCC(=O)N1CCCC1c1nc(N(C)C)ncc1-c1ccccc1. The monoisotopic (exact) mass is 418 g/mol. The van der Waals surface area contributed by atoms with Gasteiger partial charge in [0.25, 0.3) is 0 Å². The third-order valence-electron chi connectivity index (χ3n) is 5.89. The first-order valence-corrected chi connectivity index (χ1v) is 10.9. The lowest BCUT2D eigenvalue weighted by molar-refractivity contribution is -0.132. The van der Waals surface area contributed by atoms with E-state index in [-0.39, 0.29) is 11.9 Å². The van der Waals surface area contributed by atoms with Crippen LogP contribution in [0.4, 0.5) is 5.95 Å². The molecule has 0 N–H and O–H groups in total. The van der Waals surface area contributed by atoms with Crippen molar-refractivity contribution in [3.63, 3.8) is 0 Å². The summed E-state index contributed by atoms with van der Waals surface area (Å²) in [6.45, 7) is 3.58. The van der Waals surface area contributed by atoms with Gasteiger partial charge < -0.3 is 14.4 Å². The number of imidazole rings is 1. The zero-order valence-electron chi connectivity index (χ0n) is 18.5. The van der Waals surface area contributed by atoms with Crippen LogP contribution < -0.4 is 4.90 Å². The molecular formula is C24H30N6O. The van der Waals surface area contributed by atoms with E-state index >= 15 is 0 Å². The fourth-order valence-electron chi connectivity index (χ4n) is 4.23. The Hall–Kier alpha value is -3.22. The van der Waals surface area contributed by atoms with Crippen molar-refractivity contribution in [1.82, 2.24) is 24.4 Å². The van der Waals surface area contributed by atoms with E-state index < -0.39 is 0 Å². The van der Waals surface area contributed by atoms with Gasteiger partial charge in [-0.2, -0.15) is 0 Å². The van der Waals surface area contributed by atoms with Crippen LogP contribution in [-0.2, 0) is 11.3 Å². The molecule has 1 unspecified atom stereocenters. The molecule has 0 spiro atoms. The third-order valence-corrected chi connectivity index (χ3v) is 5.89. The molecule has 3 heterocycles. The van der Waals surface area contributed by atoms with Crippen molar-refractivity contribution in [1.29, 1.82) is 0 Å². The van der Waals surface area contributed by atoms with Crippen LogP contribution in [-0.4, -0.2) is 51.0 Å². The Morgan fingerprint density at radius 1 is 1.19 bits per heavy atom. The molecule has 31 heavy (non-hydrogen) atoms. The van der Waals surface area contributed by atoms with Gasteiger partial charge in [-0.1, -0.05) is 30.3 Å². The Morgan fingerprint density at radius 3 is 2.71 bits per heavy atom. The highest BCUT2D eigenvalue weighted by Gasteiger charge is 2.33. The van der Waals surface area contributed by atoms with Gasteiger partial charge in [-0.3, -0.25) is 4.79 Å². The zero-order chi connectivity index (χ0) is 21.8. The molecule has 1 aliphatic heterocycles. The maximum absolute atomic E-state index is 13.2. The summed E-state index contributed by atoms with van der Waals surface area (Å²) in [5.41, 5.74) is 3.03. The number of carbonyl (C=O) groups excluding carboxylic acids is 1. The van der Waals surface area contributed by atoms with Crippen molar-refractivity contribution in [2.45, 2.75) is 45.2 Å². The molecule has 162 valence electrons. The number of rotatable bonds is 7. The van der Waals surface area contributed by atoms with Gasteiger partial charge in [-0.15, -0.1) is 0 Å². The summed E-state index contributed by atoms with van der Waals surface area (Å²) >= 11 is 0. The molecule has 1 aromatic carbocycles. The summed E-state index contributed by atoms with van der Waals surface area (Å²) in [5, 5.41) is 0. The number of aryl methyl sites for hydroxylation is 2. The molecule has 3 aromatic rings. The summed E-state index contributed by atoms with van der Waals surface area (Å²) in [6, 6.07) is 10.2. The second kappa shape index (κ2) is 9.29. The minimum atomic E-state index is -0.0145. The standard InChI is InChI=1S/C24H30N6O/c1-18-25-13-16-29(18)14-8-12-22(31)30-15-7-11-21(30)23-20(19-9-5-4-6-10-19)17-26-24(27-23)28(2)3/h4-6,9-10,13,16-17,21H,7-8,11-12,14-15H2,1-3H3. The number of aromatic nitrogens is 4. The molecule has 1 atom stereocenters. The van der Waals surface area contributed by atoms with Crippen LogP contribution in [0.5, 0.6) is 0 Å². The maximum Gasteiger partial charge on any atom is 0.225 e. The van der Waals surface area contributed by atoms with Crippen molar-refractivity contribution in [2.24, 2.45) is 0 Å². The van der Waals surface area contributed by atoms with E-state index in [4.69, 9.17) is 4.98 Å². The molecule has 7 nitrogen and oxygen atoms in total. The molecule has 0 saturated carbocycles. The van der Waals surface area contributed by atoms with Crippen LogP contribution >= 0.6 is 0 Å². The molecule has 0 aliphatic carbocycles. The number of carbonyl (C=O) groups is 1. The van der Waals surface area contributed by atoms with Gasteiger partial charge in [-0.25, -0.2) is 15.0 Å². The van der Waals surface area contributed by atoms with E-state index in [0.717, 1.165) is 55.0 Å². The quantitative estimate of drug-likeness (QED) is 0.583. The summed E-state index contributed by atoms with van der Waals surface area (Å²) in [4.78, 5) is 30.8. The minimum absolute atomic E-state index is 0.0145. The van der Waals surface area contributed by atoms with Crippen molar-refractivity contribution < 1.29 is 4.79 Å². The fraction of sp³-hybridized carbons (Fsp3) is 0.417. The molecule has 1 aliphatic rings. The van der Waals surface area contributed by atoms with Gasteiger partial charge in [0.2, 0.25) is 11.9 Å². The first kappa shape index (κ1) is 21.0. The predicted molar refractivity (Wildman–Crippen MR) is 122 cm³/mol. The zero-order valence-corrected chi connectivity index (χ0v) is 18.5. The Labute approximate surface area is 183 Å². The molecular weight excluding hydrogens is 388 g/mol. The normalized spacial score (nSPS) is 16.0. The van der Waals surface area contributed by atoms with Gasteiger partial charge in [-0.05, 0) is 31.7 Å². The smallest absolute Gasteiger partial charge is 0.225 e. The van der Waals surface area contributed by atoms with Crippen molar-refractivity contribution in [2.75, 3.05) is 25.5 Å². The fourth-order valence-corrected chi connectivity index (χ4v) is 4.23. The highest BCUT2D eigenvalue weighted by molar-refractivity contribution is 5.77. The molecule has 1 saturated heterocycles. The van der Waals surface area contributed by atoms with E-state index in [1.165, 1.54) is 0 Å². The van der Waals surface area contributed by atoms with Crippen molar-refractivity contribution >= 4 is 11.9 Å². The number of anilines is 1. The molecule has 0 bridgehead atoms. The van der Waals surface area contributed by atoms with E-state index in [1.807, 2.05) is 61.4 Å². The lowest BCUT2D eigenvalue weighted by atomic mass is 9.99. The van der Waals surface area contributed by atoms with Gasteiger partial charge in [0.1, 0.15) is 5.82 Å². The molecule has 7 heteroatoms. The van der Waals surface area contributed by atoms with Gasteiger partial charge in [0.15, 0.2) is 0 Å². The summed E-state index contributed by atoms with van der Waals surface area (Å²) in [5.74, 6) is 1.85. The summed E-state index contributed by atoms with van der Waals surface area (Å²) in [7, 11) is 3.88. The van der Waals surface area contributed by atoms with Crippen LogP contribution in [0.3, 0.4) is 0 Å². The number of amides is 1. The first-order chi connectivity index (χ1) is 15.0. The third kappa shape index (κ3) is 4.60. The number of likely N-dealkylation sites (tertiary alicyclic amines) is 1. The van der Waals surface area contributed by atoms with Gasteiger partial charge in [0, 0.05) is 57.8 Å². The van der Waals surface area contributed by atoms with E-state index in [2.05, 4.69) is 26.7 Å². The Balaban J connectivity index is 1.56. The maximum atomic E-state index is 13.2. The van der Waals surface area contributed by atoms with E-state index in [0.29, 0.717) is 12.4 Å². The largest absolute Gasteiger partial charge is 0.347 e. The van der Waals surface area contributed by atoms with Crippen LogP contribution in [0.25, 0.3) is 11.1 Å². The second-order valence-corrected chi connectivity index (χ2v) is 8.25. The predicted octanol–water partition coefficient (Wildman–Crippen LogP) is 3.86. The van der Waals surface area contributed by atoms with Crippen LogP contribution in [0.15, 0.2) is 48.9 Å². The molecule has 4 rings (SSSR count). The number of hydrogen-bond donors (Lipinski definition) is 0. The Bertz CT molecular complexity index is 1030.